The zero-order chi connectivity index (χ0) is 11.6. The number of carboxylic acid groups (broad SMARTS) is 1. The molecule has 0 amide bonds. The SMILES string of the molecule is O=C(O)Cc1nc(Br)c(F)cc1C(F)F. The molecule has 0 bridgehead atoms. The van der Waals surface area contributed by atoms with Gasteiger partial charge in [0.25, 0.3) is 6.43 Å². The summed E-state index contributed by atoms with van der Waals surface area (Å²) in [6.45, 7) is 0. The smallest absolute Gasteiger partial charge is 0.309 e. The van der Waals surface area contributed by atoms with Crippen molar-refractivity contribution in [3.63, 3.8) is 0 Å². The van der Waals surface area contributed by atoms with E-state index in [4.69, 9.17) is 5.11 Å². The minimum Gasteiger partial charge on any atom is -0.481 e. The van der Waals surface area contributed by atoms with Crippen LogP contribution in [0.1, 0.15) is 17.7 Å². The van der Waals surface area contributed by atoms with E-state index < -0.39 is 30.2 Å². The number of carboxylic acids is 1. The molecule has 0 radical (unpaired) electrons. The molecule has 7 heteroatoms. The van der Waals surface area contributed by atoms with Crippen molar-refractivity contribution in [3.8, 4) is 0 Å². The van der Waals surface area contributed by atoms with Gasteiger partial charge in [-0.15, -0.1) is 0 Å². The second-order valence-electron chi connectivity index (χ2n) is 2.67. The van der Waals surface area contributed by atoms with Gasteiger partial charge in [-0.25, -0.2) is 18.2 Å². The van der Waals surface area contributed by atoms with E-state index in [2.05, 4.69) is 20.9 Å². The van der Waals surface area contributed by atoms with Gasteiger partial charge in [0.1, 0.15) is 4.60 Å². The van der Waals surface area contributed by atoms with E-state index in [1.807, 2.05) is 0 Å². The van der Waals surface area contributed by atoms with E-state index in [1.165, 1.54) is 0 Å². The Kier molecular flexibility index (Phi) is 3.67. The molecule has 0 saturated heterocycles. The molecule has 3 nitrogen and oxygen atoms in total. The quantitative estimate of drug-likeness (QED) is 0.868. The number of nitrogens with zero attached hydrogens (tertiary/aromatic N) is 1. The van der Waals surface area contributed by atoms with Crippen LogP contribution in [-0.4, -0.2) is 16.1 Å². The first-order chi connectivity index (χ1) is 6.91. The summed E-state index contributed by atoms with van der Waals surface area (Å²) in [5, 5.41) is 8.44. The molecule has 1 aromatic rings. The number of alkyl halides is 2. The third-order valence-electron chi connectivity index (χ3n) is 1.60. The summed E-state index contributed by atoms with van der Waals surface area (Å²) in [5.74, 6) is -2.25. The number of hydrogen-bond donors (Lipinski definition) is 1. The summed E-state index contributed by atoms with van der Waals surface area (Å²) in [7, 11) is 0. The van der Waals surface area contributed by atoms with Gasteiger partial charge in [0.05, 0.1) is 12.1 Å². The lowest BCUT2D eigenvalue weighted by Gasteiger charge is -2.07. The largest absolute Gasteiger partial charge is 0.481 e. The number of carbonyl (C=O) groups is 1. The fourth-order valence-electron chi connectivity index (χ4n) is 0.990. The summed E-state index contributed by atoms with van der Waals surface area (Å²) < 4.78 is 37.3. The first kappa shape index (κ1) is 12.0. The molecular formula is C8H5BrF3NO2. The van der Waals surface area contributed by atoms with Crippen LogP contribution >= 0.6 is 15.9 Å². The molecule has 0 unspecified atom stereocenters. The average molecular weight is 284 g/mol. The zero-order valence-corrected chi connectivity index (χ0v) is 8.76. The summed E-state index contributed by atoms with van der Waals surface area (Å²) in [4.78, 5) is 13.8. The second-order valence-corrected chi connectivity index (χ2v) is 3.42. The van der Waals surface area contributed by atoms with Gasteiger partial charge in [0.15, 0.2) is 5.82 Å². The highest BCUT2D eigenvalue weighted by Crippen LogP contribution is 2.26. The molecule has 0 atom stereocenters. The number of aliphatic carboxylic acids is 1. The fourth-order valence-corrected chi connectivity index (χ4v) is 1.32. The molecule has 15 heavy (non-hydrogen) atoms. The predicted octanol–water partition coefficient (Wildman–Crippen LogP) is 2.55. The molecule has 1 N–H and O–H groups in total. The van der Waals surface area contributed by atoms with Gasteiger partial charge < -0.3 is 5.11 Å². The topological polar surface area (TPSA) is 50.2 Å². The van der Waals surface area contributed by atoms with Gasteiger partial charge in [-0.3, -0.25) is 4.79 Å². The van der Waals surface area contributed by atoms with Gasteiger partial charge in [-0.1, -0.05) is 0 Å². The molecule has 0 spiro atoms. The Morgan fingerprint density at radius 2 is 2.20 bits per heavy atom. The maximum absolute atomic E-state index is 12.9. The van der Waals surface area contributed by atoms with Crippen LogP contribution in [-0.2, 0) is 11.2 Å². The zero-order valence-electron chi connectivity index (χ0n) is 7.18. The maximum atomic E-state index is 12.9. The van der Waals surface area contributed by atoms with Crippen molar-refractivity contribution in [1.82, 2.24) is 4.98 Å². The van der Waals surface area contributed by atoms with Gasteiger partial charge in [0, 0.05) is 5.56 Å². The number of pyridine rings is 1. The standard InChI is InChI=1S/C8H5BrF3NO2/c9-7-4(10)1-3(8(11)12)5(13-7)2-6(14)15/h1,8H,2H2,(H,14,15). The lowest BCUT2D eigenvalue weighted by atomic mass is 10.1. The van der Waals surface area contributed by atoms with Crippen LogP contribution in [0.5, 0.6) is 0 Å². The molecule has 1 heterocycles. The van der Waals surface area contributed by atoms with Crippen molar-refractivity contribution < 1.29 is 23.1 Å². The molecule has 0 aliphatic rings. The number of rotatable bonds is 3. The van der Waals surface area contributed by atoms with Gasteiger partial charge >= 0.3 is 5.97 Å². The molecular weight excluding hydrogens is 279 g/mol. The van der Waals surface area contributed by atoms with E-state index in [9.17, 15) is 18.0 Å². The molecule has 0 aliphatic heterocycles. The van der Waals surface area contributed by atoms with E-state index in [1.54, 1.807) is 0 Å². The first-order valence-corrected chi connectivity index (χ1v) is 4.56. The van der Waals surface area contributed by atoms with Crippen LogP contribution in [0.25, 0.3) is 0 Å². The average Bonchev–Trinajstić information content (AvgIpc) is 2.09. The van der Waals surface area contributed by atoms with Crippen molar-refractivity contribution in [1.29, 1.82) is 0 Å². The third kappa shape index (κ3) is 2.92. The molecule has 1 rings (SSSR count). The summed E-state index contributed by atoms with van der Waals surface area (Å²) in [5.41, 5.74) is -1.04. The van der Waals surface area contributed by atoms with Crippen LogP contribution < -0.4 is 0 Å². The molecule has 1 aromatic heterocycles. The fraction of sp³-hybridized carbons (Fsp3) is 0.250. The van der Waals surface area contributed by atoms with Crippen molar-refractivity contribution in [2.24, 2.45) is 0 Å². The highest BCUT2D eigenvalue weighted by molar-refractivity contribution is 9.10. The Hall–Kier alpha value is -1.11. The van der Waals surface area contributed by atoms with Crippen LogP contribution in [0.4, 0.5) is 13.2 Å². The van der Waals surface area contributed by atoms with Gasteiger partial charge in [-0.05, 0) is 22.0 Å². The number of hydrogen-bond acceptors (Lipinski definition) is 2. The predicted molar refractivity (Wildman–Crippen MR) is 48.2 cm³/mol. The van der Waals surface area contributed by atoms with Crippen molar-refractivity contribution >= 4 is 21.9 Å². The van der Waals surface area contributed by atoms with Crippen LogP contribution in [0.3, 0.4) is 0 Å². The highest BCUT2D eigenvalue weighted by Gasteiger charge is 2.19. The van der Waals surface area contributed by atoms with E-state index in [0.29, 0.717) is 6.07 Å². The lowest BCUT2D eigenvalue weighted by molar-refractivity contribution is -0.136. The lowest BCUT2D eigenvalue weighted by Crippen LogP contribution is -2.08. The Morgan fingerprint density at radius 1 is 1.60 bits per heavy atom. The maximum Gasteiger partial charge on any atom is 0.309 e. The molecule has 0 aliphatic carbocycles. The summed E-state index contributed by atoms with van der Waals surface area (Å²) >= 11 is 2.70. The van der Waals surface area contributed by atoms with Crippen LogP contribution in [0.15, 0.2) is 10.7 Å². The third-order valence-corrected chi connectivity index (χ3v) is 2.16. The Bertz CT molecular complexity index is 398. The second kappa shape index (κ2) is 4.61. The molecule has 82 valence electrons. The van der Waals surface area contributed by atoms with Crippen LogP contribution in [0.2, 0.25) is 0 Å². The molecule has 0 aromatic carbocycles. The first-order valence-electron chi connectivity index (χ1n) is 3.76. The van der Waals surface area contributed by atoms with E-state index >= 15 is 0 Å². The summed E-state index contributed by atoms with van der Waals surface area (Å²) in [6.07, 6.45) is -3.62. The van der Waals surface area contributed by atoms with E-state index in [-0.39, 0.29) is 10.3 Å². The van der Waals surface area contributed by atoms with Crippen molar-refractivity contribution in [3.05, 3.63) is 27.7 Å². The van der Waals surface area contributed by atoms with Crippen molar-refractivity contribution in [2.75, 3.05) is 0 Å². The minimum absolute atomic E-state index is 0.275. The van der Waals surface area contributed by atoms with Gasteiger partial charge in [-0.2, -0.15) is 0 Å². The Morgan fingerprint density at radius 3 is 2.67 bits per heavy atom. The monoisotopic (exact) mass is 283 g/mol. The molecule has 0 saturated carbocycles. The van der Waals surface area contributed by atoms with Crippen LogP contribution in [0, 0.1) is 5.82 Å². The number of halogens is 4. The van der Waals surface area contributed by atoms with E-state index in [0.717, 1.165) is 0 Å². The Labute approximate surface area is 91.1 Å². The highest BCUT2D eigenvalue weighted by atomic mass is 79.9. The van der Waals surface area contributed by atoms with Crippen molar-refractivity contribution in [2.45, 2.75) is 12.8 Å². The normalized spacial score (nSPS) is 10.7. The molecule has 0 fully saturated rings. The minimum atomic E-state index is -2.95. The van der Waals surface area contributed by atoms with Gasteiger partial charge in [0.2, 0.25) is 0 Å². The number of aromatic nitrogens is 1. The summed E-state index contributed by atoms with van der Waals surface area (Å²) in [6, 6.07) is 0.583. The Balaban J connectivity index is 3.21.